The normalized spacial score (nSPS) is 16.3. The number of rotatable bonds is 9. The van der Waals surface area contributed by atoms with E-state index in [4.69, 9.17) is 14.2 Å². The van der Waals surface area contributed by atoms with Gasteiger partial charge in [0.25, 0.3) is 11.8 Å². The van der Waals surface area contributed by atoms with E-state index in [1.165, 1.54) is 11.0 Å². The van der Waals surface area contributed by atoms with Crippen LogP contribution < -0.4 is 10.6 Å². The molecule has 11 heteroatoms. The number of hydrogen-bond donors (Lipinski definition) is 2. The zero-order valence-electron chi connectivity index (χ0n) is 21.4. The molecular formula is C24H35N3O8. The lowest BCUT2D eigenvalue weighted by molar-refractivity contribution is -0.141. The van der Waals surface area contributed by atoms with Crippen LogP contribution in [0.5, 0.6) is 0 Å². The first-order valence-electron chi connectivity index (χ1n) is 11.4. The van der Waals surface area contributed by atoms with Crippen molar-refractivity contribution in [2.24, 2.45) is 0 Å². The molecule has 0 saturated heterocycles. The lowest BCUT2D eigenvalue weighted by Gasteiger charge is -2.28. The second kappa shape index (κ2) is 13.3. The van der Waals surface area contributed by atoms with Crippen LogP contribution in [-0.2, 0) is 33.4 Å². The van der Waals surface area contributed by atoms with E-state index in [1.807, 2.05) is 0 Å². The zero-order chi connectivity index (χ0) is 26.8. The quantitative estimate of drug-likeness (QED) is 0.215. The summed E-state index contributed by atoms with van der Waals surface area (Å²) in [5, 5.41) is 4.86. The highest BCUT2D eigenvalue weighted by atomic mass is 16.6. The van der Waals surface area contributed by atoms with Gasteiger partial charge in [0.2, 0.25) is 0 Å². The van der Waals surface area contributed by atoms with Gasteiger partial charge < -0.3 is 24.8 Å². The molecule has 11 nitrogen and oxygen atoms in total. The SMILES string of the molecule is CCOC(=O)/C=C(/NC(=O)/C(NC(=O)[C@@H]1C=CCN1C(=O)OC(C)(C)C)=C(/C)CC)C(=O)OCC. The monoisotopic (exact) mass is 493 g/mol. The van der Waals surface area contributed by atoms with Gasteiger partial charge >= 0.3 is 18.0 Å². The molecule has 0 aromatic rings. The third-order valence-corrected chi connectivity index (χ3v) is 4.58. The van der Waals surface area contributed by atoms with Crippen LogP contribution in [0.2, 0.25) is 0 Å². The number of carbonyl (C=O) groups excluding carboxylic acids is 5. The molecule has 0 aromatic carbocycles. The van der Waals surface area contributed by atoms with Crippen LogP contribution in [0.1, 0.15) is 54.9 Å². The minimum atomic E-state index is -1.00. The Hall–Kier alpha value is -3.63. The molecule has 2 N–H and O–H groups in total. The van der Waals surface area contributed by atoms with Gasteiger partial charge in [0.1, 0.15) is 23.0 Å². The molecule has 1 aliphatic heterocycles. The Kier molecular flexibility index (Phi) is 11.2. The highest BCUT2D eigenvalue weighted by Gasteiger charge is 2.34. The fourth-order valence-corrected chi connectivity index (χ4v) is 2.83. The molecule has 0 fully saturated rings. The Labute approximate surface area is 205 Å². The number of ether oxygens (including phenoxy) is 3. The summed E-state index contributed by atoms with van der Waals surface area (Å²) < 4.78 is 15.0. The first-order chi connectivity index (χ1) is 16.3. The molecule has 0 aromatic heterocycles. The van der Waals surface area contributed by atoms with Crippen molar-refractivity contribution in [2.45, 2.75) is 66.5 Å². The molecular weight excluding hydrogens is 458 g/mol. The number of allylic oxidation sites excluding steroid dienone is 1. The maximum absolute atomic E-state index is 13.0. The Bertz CT molecular complexity index is 928. The van der Waals surface area contributed by atoms with Crippen molar-refractivity contribution in [3.8, 4) is 0 Å². The van der Waals surface area contributed by atoms with Gasteiger partial charge in [-0.05, 0) is 53.5 Å². The summed E-state index contributed by atoms with van der Waals surface area (Å²) in [6, 6.07) is -1.00. The summed E-state index contributed by atoms with van der Waals surface area (Å²) in [6.45, 7) is 11.9. The largest absolute Gasteiger partial charge is 0.463 e. The van der Waals surface area contributed by atoms with Gasteiger partial charge in [-0.15, -0.1) is 0 Å². The van der Waals surface area contributed by atoms with Crippen LogP contribution in [0.3, 0.4) is 0 Å². The van der Waals surface area contributed by atoms with E-state index in [9.17, 15) is 24.0 Å². The lowest BCUT2D eigenvalue weighted by atomic mass is 10.1. The Morgan fingerprint density at radius 3 is 2.20 bits per heavy atom. The van der Waals surface area contributed by atoms with Gasteiger partial charge in [-0.25, -0.2) is 14.4 Å². The van der Waals surface area contributed by atoms with E-state index in [0.717, 1.165) is 6.08 Å². The molecule has 1 heterocycles. The first-order valence-corrected chi connectivity index (χ1v) is 11.4. The third-order valence-electron chi connectivity index (χ3n) is 4.58. The highest BCUT2D eigenvalue weighted by molar-refractivity contribution is 6.05. The van der Waals surface area contributed by atoms with Crippen LogP contribution in [-0.4, -0.2) is 66.1 Å². The van der Waals surface area contributed by atoms with E-state index in [1.54, 1.807) is 54.5 Å². The summed E-state index contributed by atoms with van der Waals surface area (Å²) in [4.78, 5) is 63.9. The number of esters is 2. The maximum atomic E-state index is 13.0. The second-order valence-electron chi connectivity index (χ2n) is 8.49. The first kappa shape index (κ1) is 29.4. The molecule has 194 valence electrons. The predicted octanol–water partition coefficient (Wildman–Crippen LogP) is 2.09. The summed E-state index contributed by atoms with van der Waals surface area (Å²) >= 11 is 0. The topological polar surface area (TPSA) is 140 Å². The second-order valence-corrected chi connectivity index (χ2v) is 8.49. The molecule has 3 amide bonds. The average Bonchev–Trinajstić information content (AvgIpc) is 3.25. The fourth-order valence-electron chi connectivity index (χ4n) is 2.83. The lowest BCUT2D eigenvalue weighted by Crippen LogP contribution is -2.49. The minimum Gasteiger partial charge on any atom is -0.463 e. The fraction of sp³-hybridized carbons (Fsp3) is 0.542. The highest BCUT2D eigenvalue weighted by Crippen LogP contribution is 2.17. The molecule has 1 rings (SSSR count). The van der Waals surface area contributed by atoms with Gasteiger partial charge in [-0.3, -0.25) is 14.5 Å². The van der Waals surface area contributed by atoms with Crippen molar-refractivity contribution in [2.75, 3.05) is 19.8 Å². The maximum Gasteiger partial charge on any atom is 0.411 e. The zero-order valence-corrected chi connectivity index (χ0v) is 21.4. The summed E-state index contributed by atoms with van der Waals surface area (Å²) in [5.74, 6) is -3.27. The molecule has 35 heavy (non-hydrogen) atoms. The van der Waals surface area contributed by atoms with Gasteiger partial charge in [0.05, 0.1) is 19.3 Å². The predicted molar refractivity (Wildman–Crippen MR) is 126 cm³/mol. The summed E-state index contributed by atoms with van der Waals surface area (Å²) in [7, 11) is 0. The van der Waals surface area contributed by atoms with Crippen LogP contribution in [0.15, 0.2) is 35.2 Å². The van der Waals surface area contributed by atoms with Gasteiger partial charge in [-0.1, -0.05) is 19.1 Å². The Morgan fingerprint density at radius 1 is 1.03 bits per heavy atom. The molecule has 1 atom stereocenters. The van der Waals surface area contributed by atoms with E-state index >= 15 is 0 Å². The van der Waals surface area contributed by atoms with E-state index < -0.39 is 47.2 Å². The number of nitrogens with zero attached hydrogens (tertiary/aromatic N) is 1. The summed E-state index contributed by atoms with van der Waals surface area (Å²) in [5.41, 5.74) is -0.816. The number of hydrogen-bond acceptors (Lipinski definition) is 8. The van der Waals surface area contributed by atoms with E-state index in [-0.39, 0.29) is 25.5 Å². The number of nitrogens with one attached hydrogen (secondary N) is 2. The summed E-state index contributed by atoms with van der Waals surface area (Å²) in [6.07, 6.45) is 3.71. The Balaban J connectivity index is 3.14. The van der Waals surface area contributed by atoms with Crippen LogP contribution in [0.25, 0.3) is 0 Å². The molecule has 0 unspecified atom stereocenters. The van der Waals surface area contributed by atoms with Crippen molar-refractivity contribution >= 4 is 29.8 Å². The molecule has 1 aliphatic rings. The van der Waals surface area contributed by atoms with Crippen molar-refractivity contribution in [3.63, 3.8) is 0 Å². The van der Waals surface area contributed by atoms with E-state index in [2.05, 4.69) is 10.6 Å². The van der Waals surface area contributed by atoms with Crippen molar-refractivity contribution in [3.05, 3.63) is 35.2 Å². The molecule has 0 radical (unpaired) electrons. The van der Waals surface area contributed by atoms with Crippen LogP contribution >= 0.6 is 0 Å². The van der Waals surface area contributed by atoms with Crippen molar-refractivity contribution in [1.29, 1.82) is 0 Å². The number of amides is 3. The van der Waals surface area contributed by atoms with Crippen molar-refractivity contribution < 1.29 is 38.2 Å². The van der Waals surface area contributed by atoms with Gasteiger partial charge in [0.15, 0.2) is 0 Å². The van der Waals surface area contributed by atoms with Crippen LogP contribution in [0.4, 0.5) is 4.79 Å². The molecule has 0 aliphatic carbocycles. The molecule has 0 spiro atoms. The minimum absolute atomic E-state index is 0.0107. The molecule has 0 saturated carbocycles. The third kappa shape index (κ3) is 9.26. The van der Waals surface area contributed by atoms with Crippen molar-refractivity contribution in [1.82, 2.24) is 15.5 Å². The average molecular weight is 494 g/mol. The van der Waals surface area contributed by atoms with Gasteiger partial charge in [0, 0.05) is 6.54 Å². The van der Waals surface area contributed by atoms with Crippen LogP contribution in [0, 0.1) is 0 Å². The molecule has 0 bridgehead atoms. The smallest absolute Gasteiger partial charge is 0.411 e. The Morgan fingerprint density at radius 2 is 1.66 bits per heavy atom. The number of carbonyl (C=O) groups is 5. The standard InChI is InChI=1S/C24H35N3O8/c1-8-15(4)19(21(30)25-16(22(31)34-10-3)14-18(28)33-9-2)26-20(29)17-12-11-13-27(17)23(32)35-24(5,6)7/h11-12,14,17H,8-10,13H2,1-7H3,(H,25,30)(H,26,29)/b16-14+,19-15+/t17-/m0/s1. The van der Waals surface area contributed by atoms with E-state index in [0.29, 0.717) is 12.0 Å². The van der Waals surface area contributed by atoms with Gasteiger partial charge in [-0.2, -0.15) is 0 Å².